The van der Waals surface area contributed by atoms with Gasteiger partial charge in [0.1, 0.15) is 11.3 Å². The summed E-state index contributed by atoms with van der Waals surface area (Å²) >= 11 is 6.96. The van der Waals surface area contributed by atoms with Crippen molar-refractivity contribution in [3.8, 4) is 5.75 Å². The summed E-state index contributed by atoms with van der Waals surface area (Å²) in [6, 6.07) is 10.7. The van der Waals surface area contributed by atoms with Crippen LogP contribution in [0.15, 0.2) is 50.9 Å². The summed E-state index contributed by atoms with van der Waals surface area (Å²) in [7, 11) is 0. The molecule has 5 aliphatic rings. The summed E-state index contributed by atoms with van der Waals surface area (Å²) in [4.78, 5) is 39.9. The molecule has 1 aliphatic heterocycles. The molecular weight excluding hydrogens is 600 g/mol. The second kappa shape index (κ2) is 9.38. The molecule has 8 heteroatoms. The fourth-order valence-electron chi connectivity index (χ4n) is 7.43. The number of hydrogen-bond donors (Lipinski definition) is 1. The van der Waals surface area contributed by atoms with Crippen LogP contribution in [-0.4, -0.2) is 24.5 Å². The molecule has 192 valence electrons. The van der Waals surface area contributed by atoms with E-state index in [9.17, 15) is 14.4 Å². The molecule has 7 rings (SSSR count). The number of urea groups is 1. The number of hydrogen-bond acceptors (Lipinski definition) is 4. The summed E-state index contributed by atoms with van der Waals surface area (Å²) in [5, 5.41) is 2.32. The van der Waals surface area contributed by atoms with Crippen molar-refractivity contribution in [3.05, 3.63) is 62.0 Å². The second-order valence-corrected chi connectivity index (χ2v) is 12.7. The molecular formula is C29H28Br2N2O4. The van der Waals surface area contributed by atoms with E-state index in [4.69, 9.17) is 4.74 Å². The van der Waals surface area contributed by atoms with Gasteiger partial charge in [0.25, 0.3) is 11.8 Å². The van der Waals surface area contributed by atoms with Crippen LogP contribution in [0.2, 0.25) is 0 Å². The third kappa shape index (κ3) is 4.36. The van der Waals surface area contributed by atoms with E-state index < -0.39 is 17.8 Å². The molecule has 0 atom stereocenters. The summed E-state index contributed by atoms with van der Waals surface area (Å²) in [6.45, 7) is 2.39. The summed E-state index contributed by atoms with van der Waals surface area (Å²) in [6.07, 6.45) is 9.37. The largest absolute Gasteiger partial charge is 0.492 e. The Bertz CT molecular complexity index is 1280. The molecule has 4 saturated carbocycles. The quantitative estimate of drug-likeness (QED) is 0.294. The van der Waals surface area contributed by atoms with Gasteiger partial charge in [0.2, 0.25) is 0 Å². The van der Waals surface area contributed by atoms with Gasteiger partial charge in [-0.3, -0.25) is 14.9 Å². The van der Waals surface area contributed by atoms with Crippen molar-refractivity contribution in [3.63, 3.8) is 0 Å². The van der Waals surface area contributed by atoms with Crippen LogP contribution in [0.1, 0.15) is 56.6 Å². The van der Waals surface area contributed by atoms with Crippen LogP contribution in [0.25, 0.3) is 6.08 Å². The standard InChI is InChI=1S/C29H28Br2N2O4/c1-2-37-25-23(30)11-16(12-24(25)31)10-22-26(34)32-28(36)33(27(22)35)21-5-3-20(4-6-21)29-13-17-7-18(14-29)9-19(8-17)15-29/h3-6,10-12,17-19H,2,7-9,13-15H2,1H3,(H,32,34,36)/b22-10+. The van der Waals surface area contributed by atoms with Gasteiger partial charge in [-0.25, -0.2) is 9.69 Å². The van der Waals surface area contributed by atoms with Gasteiger partial charge in [0, 0.05) is 0 Å². The van der Waals surface area contributed by atoms with E-state index in [2.05, 4.69) is 49.3 Å². The van der Waals surface area contributed by atoms with Crippen LogP contribution in [-0.2, 0) is 15.0 Å². The minimum atomic E-state index is -0.733. The van der Waals surface area contributed by atoms with E-state index in [-0.39, 0.29) is 11.0 Å². The number of carbonyl (C=O) groups is 3. The van der Waals surface area contributed by atoms with Gasteiger partial charge in [-0.1, -0.05) is 12.1 Å². The first-order chi connectivity index (χ1) is 17.8. The number of rotatable bonds is 5. The van der Waals surface area contributed by atoms with E-state index in [1.807, 2.05) is 19.1 Å². The van der Waals surface area contributed by atoms with Crippen LogP contribution in [0.4, 0.5) is 10.5 Å². The zero-order chi connectivity index (χ0) is 25.9. The number of halogens is 2. The molecule has 4 aliphatic carbocycles. The maximum absolute atomic E-state index is 13.4. The van der Waals surface area contributed by atoms with Gasteiger partial charge >= 0.3 is 6.03 Å². The van der Waals surface area contributed by atoms with E-state index in [0.717, 1.165) is 22.7 Å². The second-order valence-electron chi connectivity index (χ2n) is 10.9. The number of imide groups is 2. The van der Waals surface area contributed by atoms with Crippen LogP contribution >= 0.6 is 31.9 Å². The zero-order valence-corrected chi connectivity index (χ0v) is 23.7. The first kappa shape index (κ1) is 24.9. The van der Waals surface area contributed by atoms with Crippen LogP contribution in [0.3, 0.4) is 0 Å². The van der Waals surface area contributed by atoms with Crippen molar-refractivity contribution < 1.29 is 19.1 Å². The minimum absolute atomic E-state index is 0.104. The third-order valence-electron chi connectivity index (χ3n) is 8.50. The summed E-state index contributed by atoms with van der Waals surface area (Å²) < 4.78 is 6.99. The molecule has 1 N–H and O–H groups in total. The number of nitrogens with zero attached hydrogens (tertiary/aromatic N) is 1. The van der Waals surface area contributed by atoms with Crippen molar-refractivity contribution >= 4 is 61.5 Å². The molecule has 2 aromatic carbocycles. The molecule has 5 fully saturated rings. The van der Waals surface area contributed by atoms with Gasteiger partial charge in [-0.15, -0.1) is 0 Å². The first-order valence-corrected chi connectivity index (χ1v) is 14.5. The Morgan fingerprint density at radius 2 is 1.54 bits per heavy atom. The number of ether oxygens (including phenoxy) is 1. The highest BCUT2D eigenvalue weighted by molar-refractivity contribution is 9.11. The molecule has 6 nitrogen and oxygen atoms in total. The monoisotopic (exact) mass is 626 g/mol. The van der Waals surface area contributed by atoms with E-state index in [1.165, 1.54) is 50.2 Å². The maximum Gasteiger partial charge on any atom is 0.335 e. The number of benzene rings is 2. The summed E-state index contributed by atoms with van der Waals surface area (Å²) in [5.41, 5.74) is 2.52. The Kier molecular flexibility index (Phi) is 6.30. The van der Waals surface area contributed by atoms with Gasteiger partial charge in [0.15, 0.2) is 0 Å². The molecule has 0 radical (unpaired) electrons. The molecule has 1 heterocycles. The first-order valence-electron chi connectivity index (χ1n) is 12.9. The minimum Gasteiger partial charge on any atom is -0.492 e. The van der Waals surface area contributed by atoms with Gasteiger partial charge < -0.3 is 4.74 Å². The molecule has 2 aromatic rings. The lowest BCUT2D eigenvalue weighted by atomic mass is 9.48. The molecule has 0 unspecified atom stereocenters. The average Bonchev–Trinajstić information content (AvgIpc) is 2.83. The molecule has 4 amide bonds. The number of anilines is 1. The van der Waals surface area contributed by atoms with E-state index in [1.54, 1.807) is 12.1 Å². The lowest BCUT2D eigenvalue weighted by Crippen LogP contribution is -2.54. The SMILES string of the molecule is CCOc1c(Br)cc(/C=C2\C(=O)NC(=O)N(c3ccc(C45CC6CC(CC(C6)C4)C5)cc3)C2=O)cc1Br. The zero-order valence-electron chi connectivity index (χ0n) is 20.6. The number of amides is 4. The Hall–Kier alpha value is -2.45. The highest BCUT2D eigenvalue weighted by Gasteiger charge is 2.51. The van der Waals surface area contributed by atoms with Crippen molar-refractivity contribution in [2.24, 2.45) is 17.8 Å². The fraction of sp³-hybridized carbons (Fsp3) is 0.414. The number of carbonyl (C=O) groups excluding carboxylic acids is 3. The van der Waals surface area contributed by atoms with Crippen molar-refractivity contribution in [2.45, 2.75) is 50.9 Å². The molecule has 0 aromatic heterocycles. The molecule has 4 bridgehead atoms. The predicted molar refractivity (Wildman–Crippen MR) is 148 cm³/mol. The van der Waals surface area contributed by atoms with E-state index >= 15 is 0 Å². The maximum atomic E-state index is 13.4. The van der Waals surface area contributed by atoms with Gasteiger partial charge in [-0.05, 0) is 142 Å². The van der Waals surface area contributed by atoms with E-state index in [0.29, 0.717) is 32.6 Å². The van der Waals surface area contributed by atoms with Crippen molar-refractivity contribution in [2.75, 3.05) is 11.5 Å². The third-order valence-corrected chi connectivity index (χ3v) is 9.68. The predicted octanol–water partition coefficient (Wildman–Crippen LogP) is 6.74. The topological polar surface area (TPSA) is 75.7 Å². The van der Waals surface area contributed by atoms with Crippen LogP contribution in [0.5, 0.6) is 5.75 Å². The lowest BCUT2D eigenvalue weighted by molar-refractivity contribution is -0.122. The Balaban J connectivity index is 1.28. The van der Waals surface area contributed by atoms with Crippen molar-refractivity contribution in [1.82, 2.24) is 5.32 Å². The molecule has 1 saturated heterocycles. The average molecular weight is 628 g/mol. The molecule has 37 heavy (non-hydrogen) atoms. The lowest BCUT2D eigenvalue weighted by Gasteiger charge is -2.57. The van der Waals surface area contributed by atoms with Gasteiger partial charge in [-0.2, -0.15) is 0 Å². The molecule has 0 spiro atoms. The Labute approximate surface area is 233 Å². The van der Waals surface area contributed by atoms with Crippen molar-refractivity contribution in [1.29, 1.82) is 0 Å². The highest BCUT2D eigenvalue weighted by Crippen LogP contribution is 2.60. The number of barbiturate groups is 1. The van der Waals surface area contributed by atoms with Crippen LogP contribution < -0.4 is 15.0 Å². The Morgan fingerprint density at radius 1 is 0.973 bits per heavy atom. The normalized spacial score (nSPS) is 29.7. The van der Waals surface area contributed by atoms with Gasteiger partial charge in [0.05, 0.1) is 21.2 Å². The Morgan fingerprint density at radius 3 is 2.08 bits per heavy atom. The smallest absolute Gasteiger partial charge is 0.335 e. The number of nitrogens with one attached hydrogen (secondary N) is 1. The highest BCUT2D eigenvalue weighted by atomic mass is 79.9. The fourth-order valence-corrected chi connectivity index (χ4v) is 8.88. The summed E-state index contributed by atoms with van der Waals surface area (Å²) in [5.74, 6) is 1.79. The van der Waals surface area contributed by atoms with Crippen LogP contribution in [0, 0.1) is 17.8 Å².